The Kier molecular flexibility index (Phi) is 4.32. The molecule has 98 valence electrons. The third-order valence-corrected chi connectivity index (χ3v) is 3.22. The van der Waals surface area contributed by atoms with Crippen molar-refractivity contribution in [2.45, 2.75) is 6.54 Å². The average molecular weight is 322 g/mol. The predicted molar refractivity (Wildman–Crippen MR) is 76.3 cm³/mol. The summed E-state index contributed by atoms with van der Waals surface area (Å²) < 4.78 is 13.9. The first kappa shape index (κ1) is 13.7. The largest absolute Gasteiger partial charge is 0.337 e. The van der Waals surface area contributed by atoms with Crippen molar-refractivity contribution in [1.82, 2.24) is 4.90 Å². The summed E-state index contributed by atoms with van der Waals surface area (Å²) in [5.74, 6) is -0.383. The van der Waals surface area contributed by atoms with E-state index in [1.54, 1.807) is 36.2 Å². The number of benzene rings is 2. The molecule has 0 saturated heterocycles. The minimum absolute atomic E-state index is 0.0921. The number of hydrogen-bond acceptors (Lipinski definition) is 1. The zero-order valence-corrected chi connectivity index (χ0v) is 12.0. The summed E-state index contributed by atoms with van der Waals surface area (Å²) >= 11 is 3.34. The standard InChI is InChI=1S/C15H13BrFNO/c1-18(10-11-4-2-7-14(17)8-11)15(19)12-5-3-6-13(16)9-12/h2-9H,10H2,1H3. The maximum absolute atomic E-state index is 13.1. The average Bonchev–Trinajstić information content (AvgIpc) is 2.38. The molecular formula is C15H13BrFNO. The van der Waals surface area contributed by atoms with Crippen molar-refractivity contribution in [2.75, 3.05) is 7.05 Å². The number of nitrogens with zero attached hydrogens (tertiary/aromatic N) is 1. The van der Waals surface area contributed by atoms with Gasteiger partial charge in [-0.1, -0.05) is 34.1 Å². The van der Waals surface area contributed by atoms with Gasteiger partial charge in [0.05, 0.1) is 0 Å². The molecule has 2 rings (SSSR count). The van der Waals surface area contributed by atoms with Crippen LogP contribution in [0.2, 0.25) is 0 Å². The van der Waals surface area contributed by atoms with E-state index in [2.05, 4.69) is 15.9 Å². The molecule has 0 aliphatic heterocycles. The highest BCUT2D eigenvalue weighted by Gasteiger charge is 2.12. The van der Waals surface area contributed by atoms with Gasteiger partial charge in [-0.2, -0.15) is 0 Å². The SMILES string of the molecule is CN(Cc1cccc(F)c1)C(=O)c1cccc(Br)c1. The van der Waals surface area contributed by atoms with E-state index < -0.39 is 0 Å². The van der Waals surface area contributed by atoms with Gasteiger partial charge in [0.1, 0.15) is 5.82 Å². The van der Waals surface area contributed by atoms with Gasteiger partial charge in [0.25, 0.3) is 5.91 Å². The fourth-order valence-electron chi connectivity index (χ4n) is 1.82. The Balaban J connectivity index is 2.12. The highest BCUT2D eigenvalue weighted by Crippen LogP contribution is 2.14. The summed E-state index contributed by atoms with van der Waals surface area (Å²) in [7, 11) is 1.70. The summed E-state index contributed by atoms with van der Waals surface area (Å²) in [5.41, 5.74) is 1.37. The van der Waals surface area contributed by atoms with Crippen LogP contribution in [0.15, 0.2) is 53.0 Å². The van der Waals surface area contributed by atoms with Crippen LogP contribution in [0.25, 0.3) is 0 Å². The molecule has 0 bridgehead atoms. The van der Waals surface area contributed by atoms with Crippen LogP contribution in [0, 0.1) is 5.82 Å². The van der Waals surface area contributed by atoms with Crippen LogP contribution in [0.3, 0.4) is 0 Å². The molecule has 1 amide bonds. The van der Waals surface area contributed by atoms with Gasteiger partial charge in [0.2, 0.25) is 0 Å². The number of amides is 1. The molecule has 0 aliphatic carbocycles. The van der Waals surface area contributed by atoms with Crippen LogP contribution < -0.4 is 0 Å². The molecular weight excluding hydrogens is 309 g/mol. The van der Waals surface area contributed by atoms with Crippen molar-refractivity contribution >= 4 is 21.8 Å². The summed E-state index contributed by atoms with van der Waals surface area (Å²) in [6.45, 7) is 0.378. The number of carbonyl (C=O) groups is 1. The zero-order valence-electron chi connectivity index (χ0n) is 10.4. The van der Waals surface area contributed by atoms with Crippen molar-refractivity contribution in [3.8, 4) is 0 Å². The molecule has 4 heteroatoms. The Hall–Kier alpha value is -1.68. The highest BCUT2D eigenvalue weighted by molar-refractivity contribution is 9.10. The zero-order chi connectivity index (χ0) is 13.8. The Morgan fingerprint density at radius 2 is 1.95 bits per heavy atom. The van der Waals surface area contributed by atoms with Crippen molar-refractivity contribution in [2.24, 2.45) is 0 Å². The van der Waals surface area contributed by atoms with E-state index in [-0.39, 0.29) is 11.7 Å². The molecule has 0 N–H and O–H groups in total. The van der Waals surface area contributed by atoms with E-state index in [9.17, 15) is 9.18 Å². The third-order valence-electron chi connectivity index (χ3n) is 2.73. The molecule has 19 heavy (non-hydrogen) atoms. The maximum atomic E-state index is 13.1. The topological polar surface area (TPSA) is 20.3 Å². The van der Waals surface area contributed by atoms with E-state index in [0.717, 1.165) is 10.0 Å². The van der Waals surface area contributed by atoms with Crippen LogP contribution in [-0.2, 0) is 6.54 Å². The summed E-state index contributed by atoms with van der Waals surface area (Å²) in [4.78, 5) is 13.8. The first-order valence-corrected chi connectivity index (χ1v) is 6.61. The van der Waals surface area contributed by atoms with Gasteiger partial charge in [-0.15, -0.1) is 0 Å². The van der Waals surface area contributed by atoms with E-state index >= 15 is 0 Å². The predicted octanol–water partition coefficient (Wildman–Crippen LogP) is 3.86. The molecule has 0 atom stereocenters. The van der Waals surface area contributed by atoms with Gasteiger partial charge in [-0.3, -0.25) is 4.79 Å². The van der Waals surface area contributed by atoms with Gasteiger partial charge in [0, 0.05) is 23.6 Å². The second-order valence-corrected chi connectivity index (χ2v) is 5.22. The smallest absolute Gasteiger partial charge is 0.253 e. The minimum Gasteiger partial charge on any atom is -0.337 e. The second-order valence-electron chi connectivity index (χ2n) is 4.30. The molecule has 0 aromatic heterocycles. The Morgan fingerprint density at radius 1 is 1.21 bits per heavy atom. The number of halogens is 2. The Morgan fingerprint density at radius 3 is 2.63 bits per heavy atom. The van der Waals surface area contributed by atoms with Gasteiger partial charge in [-0.05, 0) is 35.9 Å². The molecule has 0 radical (unpaired) electrons. The lowest BCUT2D eigenvalue weighted by atomic mass is 10.1. The fourth-order valence-corrected chi connectivity index (χ4v) is 2.22. The summed E-state index contributed by atoms with van der Waals surface area (Å²) in [5, 5.41) is 0. The van der Waals surface area contributed by atoms with Crippen molar-refractivity contribution < 1.29 is 9.18 Å². The van der Waals surface area contributed by atoms with Crippen molar-refractivity contribution in [3.63, 3.8) is 0 Å². The Bertz CT molecular complexity index is 600. The molecule has 0 spiro atoms. The third kappa shape index (κ3) is 3.64. The number of hydrogen-bond donors (Lipinski definition) is 0. The van der Waals surface area contributed by atoms with Crippen LogP contribution in [0.4, 0.5) is 4.39 Å². The maximum Gasteiger partial charge on any atom is 0.253 e. The van der Waals surface area contributed by atoms with Gasteiger partial charge in [-0.25, -0.2) is 4.39 Å². The fraction of sp³-hybridized carbons (Fsp3) is 0.133. The van der Waals surface area contributed by atoms with Crippen LogP contribution >= 0.6 is 15.9 Å². The number of carbonyl (C=O) groups excluding carboxylic acids is 1. The van der Waals surface area contributed by atoms with E-state index in [1.807, 2.05) is 12.1 Å². The van der Waals surface area contributed by atoms with Crippen LogP contribution in [0.5, 0.6) is 0 Å². The summed E-state index contributed by atoms with van der Waals surface area (Å²) in [6, 6.07) is 13.5. The molecule has 0 unspecified atom stereocenters. The molecule has 2 nitrogen and oxygen atoms in total. The first-order chi connectivity index (χ1) is 9.06. The van der Waals surface area contributed by atoms with E-state index in [1.165, 1.54) is 12.1 Å². The Labute approximate surface area is 120 Å². The summed E-state index contributed by atoms with van der Waals surface area (Å²) in [6.07, 6.45) is 0. The van der Waals surface area contributed by atoms with Crippen molar-refractivity contribution in [1.29, 1.82) is 0 Å². The first-order valence-electron chi connectivity index (χ1n) is 5.82. The normalized spacial score (nSPS) is 10.3. The lowest BCUT2D eigenvalue weighted by molar-refractivity contribution is 0.0785. The molecule has 2 aromatic rings. The molecule has 0 heterocycles. The van der Waals surface area contributed by atoms with Gasteiger partial charge >= 0.3 is 0 Å². The minimum atomic E-state index is -0.291. The molecule has 0 fully saturated rings. The van der Waals surface area contributed by atoms with Crippen LogP contribution in [0.1, 0.15) is 15.9 Å². The van der Waals surface area contributed by atoms with Gasteiger partial charge in [0.15, 0.2) is 0 Å². The monoisotopic (exact) mass is 321 g/mol. The lowest BCUT2D eigenvalue weighted by Gasteiger charge is -2.17. The molecule has 0 aliphatic rings. The second kappa shape index (κ2) is 5.97. The number of rotatable bonds is 3. The van der Waals surface area contributed by atoms with E-state index in [4.69, 9.17) is 0 Å². The van der Waals surface area contributed by atoms with Crippen molar-refractivity contribution in [3.05, 3.63) is 69.9 Å². The van der Waals surface area contributed by atoms with Gasteiger partial charge < -0.3 is 4.90 Å². The molecule has 0 saturated carbocycles. The lowest BCUT2D eigenvalue weighted by Crippen LogP contribution is -2.26. The van der Waals surface area contributed by atoms with Crippen LogP contribution in [-0.4, -0.2) is 17.9 Å². The molecule has 2 aromatic carbocycles. The van der Waals surface area contributed by atoms with E-state index in [0.29, 0.717) is 12.1 Å². The highest BCUT2D eigenvalue weighted by atomic mass is 79.9. The quantitative estimate of drug-likeness (QED) is 0.840.